The first kappa shape index (κ1) is 19.8. The van der Waals surface area contributed by atoms with Crippen LogP contribution < -0.4 is 0 Å². The summed E-state index contributed by atoms with van der Waals surface area (Å²) in [5, 5.41) is 4.63. The van der Waals surface area contributed by atoms with E-state index in [9.17, 15) is 4.79 Å². The Hall–Kier alpha value is -1.18. The number of carbonyl (C=O) groups is 1. The second kappa shape index (κ2) is 8.16. The third-order valence-electron chi connectivity index (χ3n) is 6.36. The molecule has 2 aliphatic carbocycles. The molecule has 0 radical (unpaired) electrons. The lowest BCUT2D eigenvalue weighted by atomic mass is 9.67. The second-order valence-corrected chi connectivity index (χ2v) is 11.5. The number of benzene rings is 1. The summed E-state index contributed by atoms with van der Waals surface area (Å²) in [6.07, 6.45) is 5.70. The second-order valence-electron chi connectivity index (χ2n) is 8.04. The van der Waals surface area contributed by atoms with Gasteiger partial charge in [0.15, 0.2) is 6.61 Å². The number of ether oxygens (including phenoxy) is 1. The molecule has 2 atom stereocenters. The molecule has 1 spiro atoms. The van der Waals surface area contributed by atoms with Crippen LogP contribution in [0.15, 0.2) is 28.8 Å². The molecular formula is C21H23ClN2O3S2. The van der Waals surface area contributed by atoms with Crippen molar-refractivity contribution in [1.29, 1.82) is 0 Å². The van der Waals surface area contributed by atoms with E-state index in [0.717, 1.165) is 18.4 Å². The maximum absolute atomic E-state index is 12.8. The number of esters is 1. The first-order chi connectivity index (χ1) is 14.1. The van der Waals surface area contributed by atoms with Gasteiger partial charge in [-0.05, 0) is 61.8 Å². The molecule has 1 aromatic heterocycles. The zero-order chi connectivity index (χ0) is 19.8. The van der Waals surface area contributed by atoms with Gasteiger partial charge in [-0.3, -0.25) is 4.79 Å². The van der Waals surface area contributed by atoms with Gasteiger partial charge in [-0.25, -0.2) is 0 Å². The summed E-state index contributed by atoms with van der Waals surface area (Å²) < 4.78 is 11.2. The van der Waals surface area contributed by atoms with Crippen LogP contribution in [-0.2, 0) is 16.1 Å². The highest BCUT2D eigenvalue weighted by Gasteiger charge is 2.55. The molecule has 1 aromatic carbocycles. The Morgan fingerprint density at radius 3 is 2.55 bits per heavy atom. The minimum Gasteiger partial charge on any atom is -0.455 e. The van der Waals surface area contributed by atoms with Gasteiger partial charge < -0.3 is 9.26 Å². The number of rotatable bonds is 4. The number of hydrogen-bond donors (Lipinski definition) is 0. The zero-order valence-electron chi connectivity index (χ0n) is 16.0. The Labute approximate surface area is 183 Å². The molecule has 2 saturated carbocycles. The predicted octanol–water partition coefficient (Wildman–Crippen LogP) is 5.44. The van der Waals surface area contributed by atoms with Crippen LogP contribution in [0.4, 0.5) is 0 Å². The van der Waals surface area contributed by atoms with Gasteiger partial charge in [-0.2, -0.15) is 4.98 Å². The molecule has 1 aliphatic heterocycles. The fourth-order valence-electron chi connectivity index (χ4n) is 5.08. The highest BCUT2D eigenvalue weighted by Crippen LogP contribution is 2.64. The van der Waals surface area contributed by atoms with E-state index in [2.05, 4.69) is 33.7 Å². The van der Waals surface area contributed by atoms with Crippen LogP contribution >= 0.6 is 35.1 Å². The molecule has 29 heavy (non-hydrogen) atoms. The molecule has 3 aliphatic rings. The van der Waals surface area contributed by atoms with Crippen LogP contribution in [-0.4, -0.2) is 31.7 Å². The molecule has 5 rings (SSSR count). The summed E-state index contributed by atoms with van der Waals surface area (Å²) in [5.74, 6) is 4.43. The molecule has 5 nitrogen and oxygen atoms in total. The number of carbonyl (C=O) groups excluding carboxylic acids is 1. The van der Waals surface area contributed by atoms with Crippen molar-refractivity contribution in [3.05, 3.63) is 35.2 Å². The molecule has 2 heterocycles. The Bertz CT molecular complexity index is 866. The quantitative estimate of drug-likeness (QED) is 0.575. The van der Waals surface area contributed by atoms with Gasteiger partial charge in [-0.1, -0.05) is 23.2 Å². The SMILES string of the molecule is O=C(OCc1nc(-c2ccc(Cl)cc2)no1)C1CC2CCCC(C1)C21SCCS1. The van der Waals surface area contributed by atoms with Crippen LogP contribution in [0.5, 0.6) is 0 Å². The normalized spacial score (nSPS) is 27.8. The van der Waals surface area contributed by atoms with E-state index in [1.165, 1.54) is 30.8 Å². The lowest BCUT2D eigenvalue weighted by Crippen LogP contribution is -2.48. The fourth-order valence-corrected chi connectivity index (χ4v) is 9.15. The minimum absolute atomic E-state index is 0.00335. The number of nitrogens with zero attached hydrogens (tertiary/aromatic N) is 2. The smallest absolute Gasteiger partial charge is 0.309 e. The Morgan fingerprint density at radius 2 is 1.86 bits per heavy atom. The van der Waals surface area contributed by atoms with Crippen molar-refractivity contribution in [3.8, 4) is 11.4 Å². The van der Waals surface area contributed by atoms with Crippen molar-refractivity contribution < 1.29 is 14.1 Å². The highest BCUT2D eigenvalue weighted by atomic mass is 35.5. The molecule has 8 heteroatoms. The summed E-state index contributed by atoms with van der Waals surface area (Å²) in [6, 6.07) is 7.22. The van der Waals surface area contributed by atoms with Crippen LogP contribution in [0, 0.1) is 17.8 Å². The van der Waals surface area contributed by atoms with E-state index >= 15 is 0 Å². The summed E-state index contributed by atoms with van der Waals surface area (Å²) in [6.45, 7) is 0.0277. The average Bonchev–Trinajstić information content (AvgIpc) is 3.37. The Kier molecular flexibility index (Phi) is 5.56. The van der Waals surface area contributed by atoms with E-state index in [4.69, 9.17) is 20.9 Å². The van der Waals surface area contributed by atoms with Crippen LogP contribution in [0.1, 0.15) is 38.0 Å². The lowest BCUT2D eigenvalue weighted by Gasteiger charge is -2.51. The topological polar surface area (TPSA) is 65.2 Å². The van der Waals surface area contributed by atoms with Gasteiger partial charge in [0, 0.05) is 22.1 Å². The van der Waals surface area contributed by atoms with Gasteiger partial charge in [-0.15, -0.1) is 23.5 Å². The number of halogens is 1. The van der Waals surface area contributed by atoms with E-state index in [1.54, 1.807) is 12.1 Å². The maximum Gasteiger partial charge on any atom is 0.309 e. The number of hydrogen-bond acceptors (Lipinski definition) is 7. The number of aromatic nitrogens is 2. The summed E-state index contributed by atoms with van der Waals surface area (Å²) >= 11 is 10.2. The summed E-state index contributed by atoms with van der Waals surface area (Å²) in [7, 11) is 0. The molecule has 0 N–H and O–H groups in total. The standard InChI is InChI=1S/C21H23ClN2O3S2/c22-17-6-4-13(5-7-17)19-23-18(27-24-19)12-26-20(25)14-10-15-2-1-3-16(11-14)21(15)28-8-9-29-21/h4-7,14-16H,1-3,8-12H2. The van der Waals surface area contributed by atoms with E-state index < -0.39 is 0 Å². The monoisotopic (exact) mass is 450 g/mol. The third-order valence-corrected chi connectivity index (χ3v) is 10.6. The van der Waals surface area contributed by atoms with Gasteiger partial charge >= 0.3 is 5.97 Å². The van der Waals surface area contributed by atoms with Crippen LogP contribution in [0.3, 0.4) is 0 Å². The first-order valence-corrected chi connectivity index (χ1v) is 12.5. The zero-order valence-corrected chi connectivity index (χ0v) is 18.4. The fraction of sp³-hybridized carbons (Fsp3) is 0.571. The summed E-state index contributed by atoms with van der Waals surface area (Å²) in [4.78, 5) is 17.1. The van der Waals surface area contributed by atoms with Crippen molar-refractivity contribution in [2.24, 2.45) is 17.8 Å². The molecule has 1 saturated heterocycles. The molecule has 3 fully saturated rings. The predicted molar refractivity (Wildman–Crippen MR) is 116 cm³/mol. The van der Waals surface area contributed by atoms with Crippen molar-refractivity contribution in [2.45, 2.75) is 42.8 Å². The van der Waals surface area contributed by atoms with E-state index in [0.29, 0.717) is 32.7 Å². The molecule has 2 unspecified atom stereocenters. The molecular weight excluding hydrogens is 428 g/mol. The largest absolute Gasteiger partial charge is 0.455 e. The molecule has 2 bridgehead atoms. The molecule has 154 valence electrons. The van der Waals surface area contributed by atoms with Gasteiger partial charge in [0.05, 0.1) is 10.00 Å². The van der Waals surface area contributed by atoms with E-state index in [-0.39, 0.29) is 18.5 Å². The number of thioether (sulfide) groups is 2. The van der Waals surface area contributed by atoms with Crippen molar-refractivity contribution >= 4 is 41.1 Å². The lowest BCUT2D eigenvalue weighted by molar-refractivity contribution is -0.153. The van der Waals surface area contributed by atoms with Gasteiger partial charge in [0.2, 0.25) is 5.82 Å². The summed E-state index contributed by atoms with van der Waals surface area (Å²) in [5.41, 5.74) is 0.813. The first-order valence-electron chi connectivity index (χ1n) is 10.2. The van der Waals surface area contributed by atoms with E-state index in [1.807, 2.05) is 12.1 Å². The van der Waals surface area contributed by atoms with Crippen molar-refractivity contribution in [2.75, 3.05) is 11.5 Å². The average molecular weight is 451 g/mol. The Morgan fingerprint density at radius 1 is 1.17 bits per heavy atom. The highest BCUT2D eigenvalue weighted by molar-refractivity contribution is 8.21. The molecule has 0 amide bonds. The minimum atomic E-state index is -0.115. The third kappa shape index (κ3) is 3.81. The maximum atomic E-state index is 12.8. The van der Waals surface area contributed by atoms with Gasteiger partial charge in [0.25, 0.3) is 5.89 Å². The van der Waals surface area contributed by atoms with Crippen molar-refractivity contribution in [3.63, 3.8) is 0 Å². The van der Waals surface area contributed by atoms with Crippen LogP contribution in [0.2, 0.25) is 5.02 Å². The van der Waals surface area contributed by atoms with Crippen molar-refractivity contribution in [1.82, 2.24) is 10.1 Å². The Balaban J connectivity index is 1.20. The van der Waals surface area contributed by atoms with Gasteiger partial charge in [0.1, 0.15) is 0 Å². The molecule has 2 aromatic rings. The van der Waals surface area contributed by atoms with Crippen LogP contribution in [0.25, 0.3) is 11.4 Å².